The Morgan fingerprint density at radius 2 is 1.75 bits per heavy atom. The van der Waals surface area contributed by atoms with E-state index in [-0.39, 0.29) is 5.30 Å². The van der Waals surface area contributed by atoms with Crippen LogP contribution in [0.2, 0.25) is 0 Å². The molecule has 2 aromatic carbocycles. The van der Waals surface area contributed by atoms with Crippen LogP contribution in [0.5, 0.6) is 11.5 Å². The summed E-state index contributed by atoms with van der Waals surface area (Å²) in [4.78, 5) is 37.4. The van der Waals surface area contributed by atoms with Gasteiger partial charge in [-0.15, -0.1) is 0 Å². The number of ether oxygens (including phenoxy) is 2. The van der Waals surface area contributed by atoms with E-state index < -0.39 is 7.60 Å². The highest BCUT2D eigenvalue weighted by Crippen LogP contribution is 2.36. The van der Waals surface area contributed by atoms with E-state index in [9.17, 15) is 19.1 Å². The molecule has 4 aromatic rings. The van der Waals surface area contributed by atoms with Crippen LogP contribution in [0, 0.1) is 6.92 Å². The van der Waals surface area contributed by atoms with Gasteiger partial charge in [0.1, 0.15) is 5.82 Å². The lowest BCUT2D eigenvalue weighted by Crippen LogP contribution is -2.22. The first-order chi connectivity index (χ1) is 17.2. The Kier molecular flexibility index (Phi) is 7.16. The first-order valence-electron chi connectivity index (χ1n) is 11.3. The number of fused-ring (bicyclic) bond motifs is 1. The smallest absolute Gasteiger partial charge is 0.356 e. The molecule has 0 radical (unpaired) electrons. The van der Waals surface area contributed by atoms with Gasteiger partial charge >= 0.3 is 7.60 Å². The molecule has 0 saturated heterocycles. The number of nitrogens with zero attached hydrogens (tertiary/aromatic N) is 5. The lowest BCUT2D eigenvalue weighted by Gasteiger charge is -2.19. The number of amides is 1. The number of imidazole rings is 1. The van der Waals surface area contributed by atoms with Crippen LogP contribution in [0.1, 0.15) is 18.2 Å². The maximum absolute atomic E-state index is 12.4. The monoisotopic (exact) mass is 513 g/mol. The van der Waals surface area contributed by atoms with E-state index in [4.69, 9.17) is 14.5 Å². The first-order valence-corrected chi connectivity index (χ1v) is 12.9. The predicted molar refractivity (Wildman–Crippen MR) is 136 cm³/mol. The van der Waals surface area contributed by atoms with Crippen molar-refractivity contribution in [3.63, 3.8) is 0 Å². The number of aromatic nitrogens is 4. The third-order valence-electron chi connectivity index (χ3n) is 5.88. The van der Waals surface area contributed by atoms with E-state index >= 15 is 0 Å². The molecule has 12 heteroatoms. The summed E-state index contributed by atoms with van der Waals surface area (Å²) < 4.78 is 26.1. The van der Waals surface area contributed by atoms with Gasteiger partial charge in [0.05, 0.1) is 36.3 Å². The minimum Gasteiger partial charge on any atom is -0.493 e. The van der Waals surface area contributed by atoms with Gasteiger partial charge in [-0.3, -0.25) is 9.36 Å². The molecule has 11 nitrogen and oxygen atoms in total. The number of carbonyl (C=O) groups is 1. The van der Waals surface area contributed by atoms with Crippen molar-refractivity contribution in [2.75, 3.05) is 19.1 Å². The molecule has 0 bridgehead atoms. The maximum Gasteiger partial charge on any atom is 0.356 e. The van der Waals surface area contributed by atoms with Gasteiger partial charge in [-0.2, -0.15) is 5.10 Å². The topological polar surface area (TPSA) is 132 Å². The van der Waals surface area contributed by atoms with Crippen molar-refractivity contribution in [3.05, 3.63) is 53.7 Å². The zero-order chi connectivity index (χ0) is 26.0. The molecule has 0 fully saturated rings. The zero-order valence-electron chi connectivity index (χ0n) is 20.5. The summed E-state index contributed by atoms with van der Waals surface area (Å²) in [6.07, 6.45) is 1.23. The molecule has 0 saturated carbocycles. The molecule has 36 heavy (non-hydrogen) atoms. The van der Waals surface area contributed by atoms with Crippen LogP contribution in [0.3, 0.4) is 0 Å². The van der Waals surface area contributed by atoms with Crippen LogP contribution in [0.4, 0.5) is 11.8 Å². The Balaban J connectivity index is 1.81. The number of hydrogen-bond donors (Lipinski definition) is 2. The molecule has 2 aromatic heterocycles. The SMILES string of the molecule is CCn1nc(C)cc1N(C=O)c1nc2cc(OC)c(OC)cc2n1CCc1ccc(P(=O)(O)O)cc1. The quantitative estimate of drug-likeness (QED) is 0.244. The molecule has 190 valence electrons. The van der Waals surface area contributed by atoms with Gasteiger partial charge < -0.3 is 23.8 Å². The van der Waals surface area contributed by atoms with Gasteiger partial charge in [0.2, 0.25) is 12.4 Å². The summed E-state index contributed by atoms with van der Waals surface area (Å²) in [6.45, 7) is 4.80. The molecule has 2 N–H and O–H groups in total. The highest BCUT2D eigenvalue weighted by atomic mass is 31.2. The van der Waals surface area contributed by atoms with Crippen molar-refractivity contribution >= 4 is 42.1 Å². The lowest BCUT2D eigenvalue weighted by molar-refractivity contribution is -0.107. The predicted octanol–water partition coefficient (Wildman–Crippen LogP) is 2.92. The highest BCUT2D eigenvalue weighted by Gasteiger charge is 2.23. The molecule has 0 atom stereocenters. The summed E-state index contributed by atoms with van der Waals surface area (Å²) >= 11 is 0. The Hall–Kier alpha value is -3.66. The first kappa shape index (κ1) is 25.4. The molecule has 0 aliphatic heterocycles. The van der Waals surface area contributed by atoms with E-state index in [2.05, 4.69) is 5.10 Å². The van der Waals surface area contributed by atoms with Crippen molar-refractivity contribution in [3.8, 4) is 11.5 Å². The van der Waals surface area contributed by atoms with Crippen LogP contribution in [0.15, 0.2) is 42.5 Å². The third kappa shape index (κ3) is 4.86. The van der Waals surface area contributed by atoms with Crippen molar-refractivity contribution in [2.24, 2.45) is 0 Å². The number of methoxy groups -OCH3 is 2. The number of anilines is 2. The minimum atomic E-state index is -4.31. The molecular weight excluding hydrogens is 485 g/mol. The van der Waals surface area contributed by atoms with Crippen LogP contribution in [-0.4, -0.2) is 49.7 Å². The Labute approximate surface area is 208 Å². The van der Waals surface area contributed by atoms with Crippen molar-refractivity contribution in [1.82, 2.24) is 19.3 Å². The van der Waals surface area contributed by atoms with Crippen LogP contribution in [-0.2, 0) is 28.9 Å². The normalized spacial score (nSPS) is 11.6. The average molecular weight is 513 g/mol. The van der Waals surface area contributed by atoms with E-state index in [1.165, 1.54) is 17.0 Å². The molecular formula is C24H28N5O6P. The summed E-state index contributed by atoms with van der Waals surface area (Å²) in [6, 6.07) is 11.6. The van der Waals surface area contributed by atoms with E-state index in [0.29, 0.717) is 54.7 Å². The highest BCUT2D eigenvalue weighted by molar-refractivity contribution is 7.60. The maximum atomic E-state index is 12.4. The fourth-order valence-corrected chi connectivity index (χ4v) is 4.64. The van der Waals surface area contributed by atoms with Gasteiger partial charge in [-0.25, -0.2) is 14.6 Å². The molecule has 0 unspecified atom stereocenters. The third-order valence-corrected chi connectivity index (χ3v) is 6.85. The van der Waals surface area contributed by atoms with Crippen LogP contribution < -0.4 is 19.7 Å². The van der Waals surface area contributed by atoms with Gasteiger partial charge in [-0.1, -0.05) is 12.1 Å². The number of carbonyl (C=O) groups excluding carboxylic acids is 1. The average Bonchev–Trinajstić information content (AvgIpc) is 3.41. The molecule has 0 aliphatic carbocycles. The fourth-order valence-electron chi connectivity index (χ4n) is 4.10. The summed E-state index contributed by atoms with van der Waals surface area (Å²) in [5.74, 6) is 2.03. The molecule has 4 rings (SSSR count). The van der Waals surface area contributed by atoms with E-state index in [1.54, 1.807) is 37.1 Å². The summed E-state index contributed by atoms with van der Waals surface area (Å²) in [5.41, 5.74) is 2.99. The molecule has 2 heterocycles. The van der Waals surface area contributed by atoms with Crippen LogP contribution in [0.25, 0.3) is 11.0 Å². The Morgan fingerprint density at radius 1 is 1.08 bits per heavy atom. The number of rotatable bonds is 10. The fraction of sp³-hybridized carbons (Fsp3) is 0.292. The number of benzene rings is 2. The Bertz CT molecular complexity index is 1440. The van der Waals surface area contributed by atoms with Gasteiger partial charge in [0, 0.05) is 31.3 Å². The number of aryl methyl sites for hydroxylation is 4. The Morgan fingerprint density at radius 3 is 2.33 bits per heavy atom. The standard InChI is InChI=1S/C24H28N5O6P/c1-5-29-23(12-16(2)26-29)28(15-30)24-25-19-13-21(34-3)22(35-4)14-20(19)27(24)11-10-17-6-8-18(9-7-17)36(31,32)33/h6-9,12-15H,5,10-11H2,1-4H3,(H2,31,32,33). The number of hydrogen-bond acceptors (Lipinski definition) is 6. The zero-order valence-corrected chi connectivity index (χ0v) is 21.3. The van der Waals surface area contributed by atoms with Gasteiger partial charge in [-0.05, 0) is 38.0 Å². The largest absolute Gasteiger partial charge is 0.493 e. The van der Waals surface area contributed by atoms with E-state index in [1.807, 2.05) is 30.5 Å². The van der Waals surface area contributed by atoms with Crippen molar-refractivity contribution in [1.29, 1.82) is 0 Å². The summed E-state index contributed by atoms with van der Waals surface area (Å²) in [7, 11) is -1.22. The second-order valence-corrected chi connectivity index (χ2v) is 9.76. The molecule has 1 amide bonds. The lowest BCUT2D eigenvalue weighted by atomic mass is 10.1. The molecule has 0 spiro atoms. The van der Waals surface area contributed by atoms with Gasteiger partial charge in [0.25, 0.3) is 0 Å². The molecule has 0 aliphatic rings. The van der Waals surface area contributed by atoms with E-state index in [0.717, 1.165) is 16.8 Å². The summed E-state index contributed by atoms with van der Waals surface area (Å²) in [5, 5.41) is 4.42. The second-order valence-electron chi connectivity index (χ2n) is 8.15. The van der Waals surface area contributed by atoms with Crippen molar-refractivity contribution < 1.29 is 28.6 Å². The van der Waals surface area contributed by atoms with Gasteiger partial charge in [0.15, 0.2) is 11.5 Å². The van der Waals surface area contributed by atoms with Crippen LogP contribution >= 0.6 is 7.60 Å². The van der Waals surface area contributed by atoms with Crippen molar-refractivity contribution in [2.45, 2.75) is 33.4 Å². The second kappa shape index (κ2) is 10.1. The minimum absolute atomic E-state index is 0.0350.